The summed E-state index contributed by atoms with van der Waals surface area (Å²) in [5.41, 5.74) is 0.367. The highest BCUT2D eigenvalue weighted by atomic mass is 35.5. The largest absolute Gasteiger partial charge is 0.462 e. The number of thiophene rings is 1. The van der Waals surface area contributed by atoms with Crippen molar-refractivity contribution in [3.8, 4) is 0 Å². The van der Waals surface area contributed by atoms with Crippen LogP contribution in [-0.4, -0.2) is 17.6 Å². The van der Waals surface area contributed by atoms with E-state index in [0.717, 1.165) is 10.1 Å². The van der Waals surface area contributed by atoms with Gasteiger partial charge in [-0.25, -0.2) is 9.78 Å². The van der Waals surface area contributed by atoms with Crippen LogP contribution in [0.15, 0.2) is 17.6 Å². The zero-order valence-corrected chi connectivity index (χ0v) is 9.56. The number of pyridine rings is 1. The van der Waals surface area contributed by atoms with E-state index in [9.17, 15) is 4.79 Å². The highest BCUT2D eigenvalue weighted by molar-refractivity contribution is 7.17. The number of rotatable bonds is 2. The number of halogens is 1. The van der Waals surface area contributed by atoms with Crippen LogP contribution in [0, 0.1) is 0 Å². The number of nitrogens with zero attached hydrogens (tertiary/aromatic N) is 1. The van der Waals surface area contributed by atoms with Crippen molar-refractivity contribution in [3.05, 3.63) is 28.4 Å². The van der Waals surface area contributed by atoms with Crippen LogP contribution in [0.4, 0.5) is 0 Å². The van der Waals surface area contributed by atoms with E-state index in [2.05, 4.69) is 4.98 Å². The average molecular weight is 242 g/mol. The fraction of sp³-hybridized carbons (Fsp3) is 0.200. The predicted molar refractivity (Wildman–Crippen MR) is 60.6 cm³/mol. The molecule has 0 unspecified atom stereocenters. The Balaban J connectivity index is 2.61. The minimum atomic E-state index is -0.414. The van der Waals surface area contributed by atoms with E-state index in [1.807, 2.05) is 11.4 Å². The molecule has 78 valence electrons. The molecule has 15 heavy (non-hydrogen) atoms. The van der Waals surface area contributed by atoms with Crippen LogP contribution in [0.5, 0.6) is 0 Å². The Morgan fingerprint density at radius 1 is 1.67 bits per heavy atom. The molecule has 0 aliphatic carbocycles. The summed E-state index contributed by atoms with van der Waals surface area (Å²) >= 11 is 7.34. The molecule has 2 aromatic rings. The quantitative estimate of drug-likeness (QED) is 0.599. The molecule has 0 N–H and O–H groups in total. The number of hydrogen-bond acceptors (Lipinski definition) is 4. The van der Waals surface area contributed by atoms with Gasteiger partial charge in [0.25, 0.3) is 0 Å². The summed E-state index contributed by atoms with van der Waals surface area (Å²) in [6.07, 6.45) is 1.65. The van der Waals surface area contributed by atoms with Gasteiger partial charge in [-0.2, -0.15) is 0 Å². The van der Waals surface area contributed by atoms with Gasteiger partial charge in [0.2, 0.25) is 0 Å². The van der Waals surface area contributed by atoms with E-state index in [-0.39, 0.29) is 5.15 Å². The summed E-state index contributed by atoms with van der Waals surface area (Å²) in [7, 11) is 0. The Morgan fingerprint density at radius 3 is 3.20 bits per heavy atom. The summed E-state index contributed by atoms with van der Waals surface area (Å²) in [4.78, 5) is 15.6. The lowest BCUT2D eigenvalue weighted by Gasteiger charge is -2.04. The van der Waals surface area contributed by atoms with Crippen LogP contribution >= 0.6 is 22.9 Å². The molecule has 0 spiro atoms. The second-order valence-electron chi connectivity index (χ2n) is 2.85. The lowest BCUT2D eigenvalue weighted by atomic mass is 10.2. The van der Waals surface area contributed by atoms with Gasteiger partial charge in [-0.3, -0.25) is 0 Å². The van der Waals surface area contributed by atoms with Crippen molar-refractivity contribution >= 4 is 39.0 Å². The third-order valence-corrected chi connectivity index (χ3v) is 3.16. The van der Waals surface area contributed by atoms with Crippen molar-refractivity contribution < 1.29 is 9.53 Å². The molecule has 0 saturated heterocycles. The first-order chi connectivity index (χ1) is 7.24. The molecule has 0 amide bonds. The van der Waals surface area contributed by atoms with Crippen LogP contribution in [0.3, 0.4) is 0 Å². The van der Waals surface area contributed by atoms with Gasteiger partial charge in [-0.1, -0.05) is 11.6 Å². The minimum Gasteiger partial charge on any atom is -0.462 e. The number of aromatic nitrogens is 1. The third-order valence-electron chi connectivity index (χ3n) is 1.93. The van der Waals surface area contributed by atoms with E-state index < -0.39 is 5.97 Å². The van der Waals surface area contributed by atoms with Gasteiger partial charge in [0, 0.05) is 11.6 Å². The third kappa shape index (κ3) is 1.82. The van der Waals surface area contributed by atoms with Gasteiger partial charge in [0.05, 0.1) is 11.3 Å². The van der Waals surface area contributed by atoms with Crippen molar-refractivity contribution in [1.29, 1.82) is 0 Å². The molecule has 0 saturated carbocycles. The predicted octanol–water partition coefficient (Wildman–Crippen LogP) is 3.13. The standard InChI is InChI=1S/C10H8ClNO2S/c1-2-14-10(13)7-8-6(3-4-15-8)5-12-9(7)11/h3-5H,2H2,1H3. The Bertz CT molecular complexity index is 509. The topological polar surface area (TPSA) is 39.2 Å². The summed E-state index contributed by atoms with van der Waals surface area (Å²) in [5.74, 6) is -0.414. The van der Waals surface area contributed by atoms with Gasteiger partial charge in [-0.15, -0.1) is 11.3 Å². The van der Waals surface area contributed by atoms with Gasteiger partial charge in [0.15, 0.2) is 0 Å². The summed E-state index contributed by atoms with van der Waals surface area (Å²) in [6.45, 7) is 2.09. The highest BCUT2D eigenvalue weighted by Gasteiger charge is 2.17. The first kappa shape index (κ1) is 10.4. The molecule has 2 heterocycles. The minimum absolute atomic E-state index is 0.198. The van der Waals surface area contributed by atoms with Crippen molar-refractivity contribution in [2.75, 3.05) is 6.61 Å². The summed E-state index contributed by atoms with van der Waals surface area (Å²) < 4.78 is 5.76. The smallest absolute Gasteiger partial charge is 0.342 e. The zero-order valence-electron chi connectivity index (χ0n) is 7.99. The Labute approximate surface area is 95.6 Å². The maximum atomic E-state index is 11.6. The fourth-order valence-electron chi connectivity index (χ4n) is 1.29. The Hall–Kier alpha value is -1.13. The maximum absolute atomic E-state index is 11.6. The van der Waals surface area contributed by atoms with E-state index in [1.165, 1.54) is 11.3 Å². The molecule has 2 aromatic heterocycles. The molecular weight excluding hydrogens is 234 g/mol. The average Bonchev–Trinajstić information content (AvgIpc) is 2.65. The number of ether oxygens (including phenoxy) is 1. The van der Waals surface area contributed by atoms with Crippen LogP contribution in [-0.2, 0) is 4.74 Å². The molecule has 0 atom stereocenters. The van der Waals surface area contributed by atoms with E-state index in [4.69, 9.17) is 16.3 Å². The van der Waals surface area contributed by atoms with Gasteiger partial charge in [0.1, 0.15) is 10.7 Å². The number of carbonyl (C=O) groups is 1. The molecule has 0 aliphatic rings. The van der Waals surface area contributed by atoms with Gasteiger partial charge >= 0.3 is 5.97 Å². The highest BCUT2D eigenvalue weighted by Crippen LogP contribution is 2.28. The Morgan fingerprint density at radius 2 is 2.47 bits per heavy atom. The van der Waals surface area contributed by atoms with Crippen LogP contribution in [0.25, 0.3) is 10.1 Å². The first-order valence-electron chi connectivity index (χ1n) is 4.43. The van der Waals surface area contributed by atoms with Crippen molar-refractivity contribution in [2.45, 2.75) is 6.92 Å². The molecule has 3 nitrogen and oxygen atoms in total. The summed E-state index contributed by atoms with van der Waals surface area (Å²) in [6, 6.07) is 1.89. The second kappa shape index (κ2) is 4.16. The molecule has 0 aliphatic heterocycles. The van der Waals surface area contributed by atoms with Crippen molar-refractivity contribution in [1.82, 2.24) is 4.98 Å². The SMILES string of the molecule is CCOC(=O)c1c(Cl)ncc2ccsc12. The maximum Gasteiger partial charge on any atom is 0.342 e. The van der Waals surface area contributed by atoms with Gasteiger partial charge < -0.3 is 4.74 Å². The zero-order chi connectivity index (χ0) is 10.8. The second-order valence-corrected chi connectivity index (χ2v) is 4.12. The number of fused-ring (bicyclic) bond motifs is 1. The van der Waals surface area contributed by atoms with E-state index in [1.54, 1.807) is 13.1 Å². The molecular formula is C10H8ClNO2S. The van der Waals surface area contributed by atoms with Crippen LogP contribution in [0.1, 0.15) is 17.3 Å². The Kier molecular flexibility index (Phi) is 2.88. The normalized spacial score (nSPS) is 10.5. The monoisotopic (exact) mass is 241 g/mol. The molecule has 0 bridgehead atoms. The molecule has 2 rings (SSSR count). The van der Waals surface area contributed by atoms with Gasteiger partial charge in [-0.05, 0) is 18.4 Å². The number of esters is 1. The van der Waals surface area contributed by atoms with Crippen molar-refractivity contribution in [2.24, 2.45) is 0 Å². The lowest BCUT2D eigenvalue weighted by Crippen LogP contribution is -2.06. The molecule has 0 fully saturated rings. The van der Waals surface area contributed by atoms with Crippen LogP contribution in [0.2, 0.25) is 5.15 Å². The fourth-order valence-corrected chi connectivity index (χ4v) is 2.47. The van der Waals surface area contributed by atoms with E-state index in [0.29, 0.717) is 12.2 Å². The number of carbonyl (C=O) groups excluding carboxylic acids is 1. The first-order valence-corrected chi connectivity index (χ1v) is 5.68. The van der Waals surface area contributed by atoms with Crippen molar-refractivity contribution in [3.63, 3.8) is 0 Å². The molecule has 0 radical (unpaired) electrons. The number of hydrogen-bond donors (Lipinski definition) is 0. The van der Waals surface area contributed by atoms with Crippen LogP contribution < -0.4 is 0 Å². The summed E-state index contributed by atoms with van der Waals surface area (Å²) in [5, 5.41) is 3.00. The molecule has 5 heteroatoms. The molecule has 0 aromatic carbocycles. The lowest BCUT2D eigenvalue weighted by molar-refractivity contribution is 0.0528. The van der Waals surface area contributed by atoms with E-state index >= 15 is 0 Å².